The Hall–Kier alpha value is -1.24. The Morgan fingerprint density at radius 3 is 3.00 bits per heavy atom. The molecule has 0 spiro atoms. The summed E-state index contributed by atoms with van der Waals surface area (Å²) in [5.41, 5.74) is 6.44. The van der Waals surface area contributed by atoms with Gasteiger partial charge in [0, 0.05) is 25.5 Å². The molecule has 1 saturated heterocycles. The van der Waals surface area contributed by atoms with Gasteiger partial charge >= 0.3 is 0 Å². The number of nitrogens with two attached hydrogens (primary N) is 1. The summed E-state index contributed by atoms with van der Waals surface area (Å²) >= 11 is 0. The number of anilines is 1. The van der Waals surface area contributed by atoms with E-state index in [-0.39, 0.29) is 18.8 Å². The summed E-state index contributed by atoms with van der Waals surface area (Å²) in [6.07, 6.45) is 3.13. The number of hydrogen-bond acceptors (Lipinski definition) is 6. The number of aliphatic hydroxyl groups is 1. The van der Waals surface area contributed by atoms with Crippen molar-refractivity contribution in [1.82, 2.24) is 9.97 Å². The molecule has 1 aliphatic heterocycles. The molecule has 6 heteroatoms. The van der Waals surface area contributed by atoms with Gasteiger partial charge in [0.2, 0.25) is 0 Å². The average molecular weight is 238 g/mol. The molecular weight excluding hydrogens is 220 g/mol. The average Bonchev–Trinajstić information content (AvgIpc) is 2.39. The predicted molar refractivity (Wildman–Crippen MR) is 63.6 cm³/mol. The molecule has 1 aliphatic rings. The van der Waals surface area contributed by atoms with Crippen LogP contribution in [-0.2, 0) is 11.3 Å². The van der Waals surface area contributed by atoms with Crippen molar-refractivity contribution in [2.24, 2.45) is 5.73 Å². The van der Waals surface area contributed by atoms with Gasteiger partial charge in [0.1, 0.15) is 0 Å². The van der Waals surface area contributed by atoms with Crippen LogP contribution >= 0.6 is 0 Å². The first kappa shape index (κ1) is 12.2. The summed E-state index contributed by atoms with van der Waals surface area (Å²) < 4.78 is 5.49. The van der Waals surface area contributed by atoms with E-state index < -0.39 is 0 Å². The largest absolute Gasteiger partial charge is 0.394 e. The summed E-state index contributed by atoms with van der Waals surface area (Å²) in [6, 6.07) is 0.208. The number of nitrogens with zero attached hydrogens (tertiary/aromatic N) is 3. The van der Waals surface area contributed by atoms with Crippen LogP contribution in [0.1, 0.15) is 12.6 Å². The molecule has 17 heavy (non-hydrogen) atoms. The number of rotatable bonds is 3. The van der Waals surface area contributed by atoms with Crippen molar-refractivity contribution in [3.8, 4) is 0 Å². The number of ether oxygens (including phenoxy) is 1. The smallest absolute Gasteiger partial charge is 0.152 e. The van der Waals surface area contributed by atoms with E-state index in [1.54, 1.807) is 12.4 Å². The SMILES string of the molecule is CC1COC(CO)CN1c1nccnc1CN. The molecule has 6 nitrogen and oxygen atoms in total. The first-order valence-electron chi connectivity index (χ1n) is 5.75. The topological polar surface area (TPSA) is 84.5 Å². The molecule has 1 fully saturated rings. The molecule has 2 atom stereocenters. The molecule has 1 aromatic heterocycles. The zero-order chi connectivity index (χ0) is 12.3. The van der Waals surface area contributed by atoms with Gasteiger partial charge in [-0.1, -0.05) is 0 Å². The lowest BCUT2D eigenvalue weighted by atomic mass is 10.2. The Bertz CT molecular complexity index is 374. The molecule has 2 unspecified atom stereocenters. The number of morpholine rings is 1. The van der Waals surface area contributed by atoms with Gasteiger partial charge in [-0.05, 0) is 6.92 Å². The summed E-state index contributed by atoms with van der Waals surface area (Å²) in [4.78, 5) is 10.7. The zero-order valence-corrected chi connectivity index (χ0v) is 9.91. The molecule has 0 saturated carbocycles. The van der Waals surface area contributed by atoms with Gasteiger partial charge in [-0.15, -0.1) is 0 Å². The van der Waals surface area contributed by atoms with Crippen LogP contribution in [0.15, 0.2) is 12.4 Å². The quantitative estimate of drug-likeness (QED) is 0.740. The maximum atomic E-state index is 9.16. The maximum absolute atomic E-state index is 9.16. The fraction of sp³-hybridized carbons (Fsp3) is 0.636. The van der Waals surface area contributed by atoms with Crippen molar-refractivity contribution >= 4 is 5.82 Å². The van der Waals surface area contributed by atoms with Crippen molar-refractivity contribution in [3.05, 3.63) is 18.1 Å². The Kier molecular flexibility index (Phi) is 3.88. The van der Waals surface area contributed by atoms with Gasteiger partial charge in [-0.3, -0.25) is 4.98 Å². The second-order valence-electron chi connectivity index (χ2n) is 4.17. The van der Waals surface area contributed by atoms with Crippen LogP contribution in [-0.4, -0.2) is 47.0 Å². The highest BCUT2D eigenvalue weighted by atomic mass is 16.5. The molecule has 0 aromatic carbocycles. The zero-order valence-electron chi connectivity index (χ0n) is 9.91. The van der Waals surface area contributed by atoms with E-state index in [1.807, 2.05) is 0 Å². The van der Waals surface area contributed by atoms with Crippen LogP contribution in [0.4, 0.5) is 5.82 Å². The molecule has 94 valence electrons. The first-order chi connectivity index (χ1) is 8.26. The van der Waals surface area contributed by atoms with Crippen molar-refractivity contribution in [3.63, 3.8) is 0 Å². The summed E-state index contributed by atoms with van der Waals surface area (Å²) in [6.45, 7) is 3.62. The van der Waals surface area contributed by atoms with Crippen molar-refractivity contribution < 1.29 is 9.84 Å². The lowest BCUT2D eigenvalue weighted by Gasteiger charge is -2.38. The number of hydrogen-bond donors (Lipinski definition) is 2. The Morgan fingerprint density at radius 1 is 1.53 bits per heavy atom. The van der Waals surface area contributed by atoms with Crippen molar-refractivity contribution in [2.45, 2.75) is 25.6 Å². The standard InChI is InChI=1S/C11H18N4O2/c1-8-7-17-9(6-16)5-15(8)11-10(4-12)13-2-3-14-11/h2-3,8-9,16H,4-7,12H2,1H3. The molecule has 1 aromatic rings. The van der Waals surface area contributed by atoms with Crippen LogP contribution in [0.2, 0.25) is 0 Å². The minimum Gasteiger partial charge on any atom is -0.394 e. The fourth-order valence-corrected chi connectivity index (χ4v) is 1.97. The van der Waals surface area contributed by atoms with Crippen molar-refractivity contribution in [1.29, 1.82) is 0 Å². The van der Waals surface area contributed by atoms with Crippen LogP contribution in [0.25, 0.3) is 0 Å². The second kappa shape index (κ2) is 5.39. The maximum Gasteiger partial charge on any atom is 0.152 e. The van der Waals surface area contributed by atoms with Gasteiger partial charge in [0.25, 0.3) is 0 Å². The van der Waals surface area contributed by atoms with Gasteiger partial charge in [0.15, 0.2) is 5.82 Å². The van der Waals surface area contributed by atoms with Gasteiger partial charge in [-0.25, -0.2) is 4.98 Å². The van der Waals surface area contributed by atoms with E-state index in [9.17, 15) is 0 Å². The van der Waals surface area contributed by atoms with Crippen LogP contribution in [0.3, 0.4) is 0 Å². The first-order valence-corrected chi connectivity index (χ1v) is 5.75. The molecule has 0 bridgehead atoms. The molecule has 0 aliphatic carbocycles. The second-order valence-corrected chi connectivity index (χ2v) is 4.17. The van der Waals surface area contributed by atoms with E-state index in [0.29, 0.717) is 19.7 Å². The molecule has 0 amide bonds. The number of aromatic nitrogens is 2. The minimum atomic E-state index is -0.168. The highest BCUT2D eigenvalue weighted by molar-refractivity contribution is 5.44. The Labute approximate surface area is 100 Å². The molecule has 2 rings (SSSR count). The lowest BCUT2D eigenvalue weighted by molar-refractivity contribution is -0.0106. The highest BCUT2D eigenvalue weighted by Crippen LogP contribution is 2.21. The summed E-state index contributed by atoms with van der Waals surface area (Å²) in [5, 5.41) is 9.16. The monoisotopic (exact) mass is 238 g/mol. The lowest BCUT2D eigenvalue weighted by Crippen LogP contribution is -2.50. The van der Waals surface area contributed by atoms with Crippen LogP contribution < -0.4 is 10.6 Å². The van der Waals surface area contributed by atoms with E-state index in [1.165, 1.54) is 0 Å². The molecule has 3 N–H and O–H groups in total. The normalized spacial score (nSPS) is 25.0. The van der Waals surface area contributed by atoms with E-state index in [2.05, 4.69) is 21.8 Å². The van der Waals surface area contributed by atoms with E-state index >= 15 is 0 Å². The van der Waals surface area contributed by atoms with Gasteiger partial charge < -0.3 is 20.5 Å². The van der Waals surface area contributed by atoms with E-state index in [4.69, 9.17) is 15.6 Å². The summed E-state index contributed by atoms with van der Waals surface area (Å²) in [7, 11) is 0. The third-order valence-corrected chi connectivity index (χ3v) is 2.93. The predicted octanol–water partition coefficient (Wildman–Crippen LogP) is -0.479. The summed E-state index contributed by atoms with van der Waals surface area (Å²) in [5.74, 6) is 0.796. The van der Waals surface area contributed by atoms with Crippen molar-refractivity contribution in [2.75, 3.05) is 24.7 Å². The third kappa shape index (κ3) is 2.54. The molecule has 0 radical (unpaired) electrons. The Balaban J connectivity index is 2.24. The van der Waals surface area contributed by atoms with Gasteiger partial charge in [-0.2, -0.15) is 0 Å². The minimum absolute atomic E-state index is 0.0153. The molecular formula is C11H18N4O2. The van der Waals surface area contributed by atoms with E-state index in [0.717, 1.165) is 11.5 Å². The number of aliphatic hydroxyl groups excluding tert-OH is 1. The van der Waals surface area contributed by atoms with Crippen LogP contribution in [0.5, 0.6) is 0 Å². The highest BCUT2D eigenvalue weighted by Gasteiger charge is 2.28. The fourth-order valence-electron chi connectivity index (χ4n) is 1.97. The molecule has 2 heterocycles. The van der Waals surface area contributed by atoms with Gasteiger partial charge in [0.05, 0.1) is 31.1 Å². The third-order valence-electron chi connectivity index (χ3n) is 2.93. The Morgan fingerprint density at radius 2 is 2.29 bits per heavy atom. The van der Waals surface area contributed by atoms with Crippen LogP contribution in [0, 0.1) is 0 Å².